The minimum Gasteiger partial charge on any atom is -0.504 e. The summed E-state index contributed by atoms with van der Waals surface area (Å²) >= 11 is 0. The Morgan fingerprint density at radius 1 is 0.971 bits per heavy atom. The molecule has 34 heavy (non-hydrogen) atoms. The van der Waals surface area contributed by atoms with E-state index in [1.54, 1.807) is 24.1 Å². The van der Waals surface area contributed by atoms with Crippen molar-refractivity contribution >= 4 is 11.9 Å². The number of hydrogen-bond acceptors (Lipinski definition) is 6. The second kappa shape index (κ2) is 10.4. The monoisotopic (exact) mass is 467 g/mol. The molecule has 2 aromatic rings. The van der Waals surface area contributed by atoms with Gasteiger partial charge in [-0.05, 0) is 42.5 Å². The summed E-state index contributed by atoms with van der Waals surface area (Å²) in [6.45, 7) is 3.36. The second-order valence-electron chi connectivity index (χ2n) is 8.97. The van der Waals surface area contributed by atoms with Crippen molar-refractivity contribution in [1.29, 1.82) is 0 Å². The van der Waals surface area contributed by atoms with Crippen LogP contribution in [-0.4, -0.2) is 77.7 Å². The lowest BCUT2D eigenvalue weighted by molar-refractivity contribution is -0.136. The van der Waals surface area contributed by atoms with Crippen molar-refractivity contribution in [2.75, 3.05) is 40.5 Å². The van der Waals surface area contributed by atoms with E-state index in [-0.39, 0.29) is 24.2 Å². The number of hydrogen-bond donors (Lipinski definition) is 1. The van der Waals surface area contributed by atoms with Gasteiger partial charge in [-0.25, -0.2) is 4.79 Å². The average Bonchev–Trinajstić information content (AvgIpc) is 3.03. The number of aromatic hydroxyl groups is 1. The highest BCUT2D eigenvalue weighted by Gasteiger charge is 2.57. The molecule has 4 rings (SSSR count). The number of ether oxygens (including phenoxy) is 2. The van der Waals surface area contributed by atoms with Crippen LogP contribution in [0.1, 0.15) is 30.4 Å². The molecule has 2 aliphatic heterocycles. The van der Waals surface area contributed by atoms with Crippen molar-refractivity contribution in [3.05, 3.63) is 59.7 Å². The van der Waals surface area contributed by atoms with Crippen molar-refractivity contribution in [3.8, 4) is 11.5 Å². The standard InChI is InChI=1S/C26H33N3O5/c1-33-16-6-13-29-25(32)28(19-20-7-4-3-5-8-20)24(31)26(29)11-14-27(15-12-26)18-21-9-10-23(34-2)22(30)17-21/h3-5,7-10,17,30H,6,11-16,18-19H2,1-2H3. The van der Waals surface area contributed by atoms with Crippen LogP contribution in [0.5, 0.6) is 11.5 Å². The minimum atomic E-state index is -0.807. The molecule has 0 aromatic heterocycles. The first kappa shape index (κ1) is 24.0. The number of carbonyl (C=O) groups excluding carboxylic acids is 2. The van der Waals surface area contributed by atoms with Crippen LogP contribution in [-0.2, 0) is 22.6 Å². The second-order valence-corrected chi connectivity index (χ2v) is 8.97. The zero-order valence-electron chi connectivity index (χ0n) is 19.9. The first-order valence-electron chi connectivity index (χ1n) is 11.7. The molecule has 0 atom stereocenters. The van der Waals surface area contributed by atoms with Gasteiger partial charge in [0.2, 0.25) is 0 Å². The van der Waals surface area contributed by atoms with Crippen LogP contribution < -0.4 is 4.74 Å². The van der Waals surface area contributed by atoms with E-state index in [4.69, 9.17) is 9.47 Å². The number of imide groups is 1. The third-order valence-electron chi connectivity index (χ3n) is 6.87. The largest absolute Gasteiger partial charge is 0.504 e. The zero-order chi connectivity index (χ0) is 24.1. The molecule has 2 aliphatic rings. The van der Waals surface area contributed by atoms with Gasteiger partial charge in [-0.3, -0.25) is 14.6 Å². The Morgan fingerprint density at radius 3 is 2.35 bits per heavy atom. The maximum absolute atomic E-state index is 13.7. The topological polar surface area (TPSA) is 82.6 Å². The van der Waals surface area contributed by atoms with E-state index in [1.807, 2.05) is 36.4 Å². The number of amides is 3. The van der Waals surface area contributed by atoms with Crippen LogP contribution in [0.3, 0.4) is 0 Å². The van der Waals surface area contributed by atoms with E-state index < -0.39 is 5.54 Å². The number of methoxy groups -OCH3 is 2. The molecule has 8 nitrogen and oxygen atoms in total. The number of nitrogens with zero attached hydrogens (tertiary/aromatic N) is 3. The van der Waals surface area contributed by atoms with Gasteiger partial charge in [0.15, 0.2) is 11.5 Å². The first-order valence-corrected chi connectivity index (χ1v) is 11.7. The van der Waals surface area contributed by atoms with Gasteiger partial charge in [0.25, 0.3) is 5.91 Å². The van der Waals surface area contributed by atoms with Gasteiger partial charge in [0, 0.05) is 39.9 Å². The molecule has 2 aromatic carbocycles. The Labute approximate surface area is 200 Å². The third-order valence-corrected chi connectivity index (χ3v) is 6.87. The van der Waals surface area contributed by atoms with Gasteiger partial charge in [0.05, 0.1) is 13.7 Å². The summed E-state index contributed by atoms with van der Waals surface area (Å²) in [5.74, 6) is 0.466. The van der Waals surface area contributed by atoms with Crippen molar-refractivity contribution < 1.29 is 24.2 Å². The quantitative estimate of drug-likeness (QED) is 0.450. The lowest BCUT2D eigenvalue weighted by atomic mass is 9.85. The molecule has 3 amide bonds. The predicted molar refractivity (Wildman–Crippen MR) is 127 cm³/mol. The number of piperidine rings is 1. The van der Waals surface area contributed by atoms with Crippen molar-refractivity contribution in [3.63, 3.8) is 0 Å². The lowest BCUT2D eigenvalue weighted by Crippen LogP contribution is -2.56. The Morgan fingerprint density at radius 2 is 1.71 bits per heavy atom. The van der Waals surface area contributed by atoms with E-state index in [0.717, 1.165) is 11.1 Å². The van der Waals surface area contributed by atoms with Gasteiger partial charge in [-0.15, -0.1) is 0 Å². The molecule has 0 saturated carbocycles. The average molecular weight is 468 g/mol. The van der Waals surface area contributed by atoms with E-state index in [1.165, 1.54) is 12.0 Å². The van der Waals surface area contributed by atoms with Crippen LogP contribution >= 0.6 is 0 Å². The molecule has 8 heteroatoms. The molecular formula is C26H33N3O5. The molecule has 1 N–H and O–H groups in total. The number of phenolic OH excluding ortho intramolecular Hbond substituents is 1. The highest BCUT2D eigenvalue weighted by atomic mass is 16.5. The highest BCUT2D eigenvalue weighted by molar-refractivity contribution is 6.07. The fourth-order valence-corrected chi connectivity index (χ4v) is 5.02. The Hall–Kier alpha value is -3.10. The van der Waals surface area contributed by atoms with Crippen molar-refractivity contribution in [1.82, 2.24) is 14.7 Å². The van der Waals surface area contributed by atoms with Crippen LogP contribution in [0, 0.1) is 0 Å². The molecular weight excluding hydrogens is 434 g/mol. The van der Waals surface area contributed by atoms with E-state index in [2.05, 4.69) is 4.90 Å². The Kier molecular flexibility index (Phi) is 7.38. The van der Waals surface area contributed by atoms with Gasteiger partial charge in [-0.2, -0.15) is 0 Å². The maximum Gasteiger partial charge on any atom is 0.327 e. The summed E-state index contributed by atoms with van der Waals surface area (Å²) in [5.41, 5.74) is 1.11. The van der Waals surface area contributed by atoms with Crippen molar-refractivity contribution in [2.45, 2.75) is 37.9 Å². The minimum absolute atomic E-state index is 0.0967. The number of rotatable bonds is 9. The van der Waals surface area contributed by atoms with Crippen LogP contribution in [0.2, 0.25) is 0 Å². The summed E-state index contributed by atoms with van der Waals surface area (Å²) in [6.07, 6.45) is 1.85. The summed E-state index contributed by atoms with van der Waals surface area (Å²) < 4.78 is 10.3. The maximum atomic E-state index is 13.7. The fourth-order valence-electron chi connectivity index (χ4n) is 5.02. The smallest absolute Gasteiger partial charge is 0.327 e. The molecule has 0 radical (unpaired) electrons. The number of phenols is 1. The SMILES string of the molecule is COCCCN1C(=O)N(Cc2ccccc2)C(=O)C12CCN(Cc1ccc(OC)c(O)c1)CC2. The summed E-state index contributed by atoms with van der Waals surface area (Å²) in [4.78, 5) is 32.5. The number of urea groups is 1. The molecule has 0 aliphatic carbocycles. The predicted octanol–water partition coefficient (Wildman–Crippen LogP) is 3.24. The molecule has 2 saturated heterocycles. The van der Waals surface area contributed by atoms with Gasteiger partial charge < -0.3 is 19.5 Å². The highest BCUT2D eigenvalue weighted by Crippen LogP contribution is 2.38. The fraction of sp³-hybridized carbons (Fsp3) is 0.462. The zero-order valence-corrected chi connectivity index (χ0v) is 19.9. The van der Waals surface area contributed by atoms with Gasteiger partial charge in [-0.1, -0.05) is 36.4 Å². The van der Waals surface area contributed by atoms with Gasteiger partial charge >= 0.3 is 6.03 Å². The molecule has 2 heterocycles. The number of carbonyl (C=O) groups is 2. The molecule has 2 fully saturated rings. The normalized spacial score (nSPS) is 18.2. The molecule has 1 spiro atoms. The Bertz CT molecular complexity index is 1000. The van der Waals surface area contributed by atoms with Crippen LogP contribution in [0.15, 0.2) is 48.5 Å². The van der Waals surface area contributed by atoms with Crippen LogP contribution in [0.25, 0.3) is 0 Å². The molecule has 0 bridgehead atoms. The van der Waals surface area contributed by atoms with E-state index in [0.29, 0.717) is 57.8 Å². The summed E-state index contributed by atoms with van der Waals surface area (Å²) in [6, 6.07) is 14.8. The third kappa shape index (κ3) is 4.74. The first-order chi connectivity index (χ1) is 16.5. The van der Waals surface area contributed by atoms with Gasteiger partial charge in [0.1, 0.15) is 5.54 Å². The Balaban J connectivity index is 1.48. The number of benzene rings is 2. The van der Waals surface area contributed by atoms with Crippen LogP contribution in [0.4, 0.5) is 4.79 Å². The van der Waals surface area contributed by atoms with Crippen molar-refractivity contribution in [2.24, 2.45) is 0 Å². The molecule has 0 unspecified atom stereocenters. The summed E-state index contributed by atoms with van der Waals surface area (Å²) in [7, 11) is 3.17. The van der Waals surface area contributed by atoms with E-state index >= 15 is 0 Å². The lowest BCUT2D eigenvalue weighted by Gasteiger charge is -2.42. The molecule has 182 valence electrons. The summed E-state index contributed by atoms with van der Waals surface area (Å²) in [5, 5.41) is 10.1. The number of likely N-dealkylation sites (tertiary alicyclic amines) is 1. The van der Waals surface area contributed by atoms with E-state index in [9.17, 15) is 14.7 Å².